The summed E-state index contributed by atoms with van der Waals surface area (Å²) in [7, 11) is 0. The third kappa shape index (κ3) is 4.67. The summed E-state index contributed by atoms with van der Waals surface area (Å²) < 4.78 is 0. The second-order valence-electron chi connectivity index (χ2n) is 7.78. The van der Waals surface area contributed by atoms with Gasteiger partial charge in [-0.05, 0) is 48.3 Å². The maximum atomic E-state index is 3.78. The Morgan fingerprint density at radius 3 is 1.63 bits per heavy atom. The first-order chi connectivity index (χ1) is 13.4. The van der Waals surface area contributed by atoms with Crippen molar-refractivity contribution in [3.63, 3.8) is 0 Å². The average Bonchev–Trinajstić information content (AvgIpc) is 2.76. The molecule has 1 fully saturated rings. The van der Waals surface area contributed by atoms with Gasteiger partial charge in [-0.3, -0.25) is 0 Å². The molecule has 0 bridgehead atoms. The molecule has 1 aliphatic rings. The Kier molecular flexibility index (Phi) is 6.01. The van der Waals surface area contributed by atoms with Crippen molar-refractivity contribution in [2.75, 3.05) is 0 Å². The second kappa shape index (κ2) is 9.01. The first-order valence-corrected chi connectivity index (χ1v) is 10.3. The summed E-state index contributed by atoms with van der Waals surface area (Å²) in [5, 5.41) is 3.78. The van der Waals surface area contributed by atoms with Crippen LogP contribution >= 0.6 is 0 Å². The molecule has 3 aromatic carbocycles. The van der Waals surface area contributed by atoms with Gasteiger partial charge < -0.3 is 5.32 Å². The minimum absolute atomic E-state index is 0.516. The fourth-order valence-electron chi connectivity index (χ4n) is 4.57. The van der Waals surface area contributed by atoms with Crippen molar-refractivity contribution in [3.05, 3.63) is 108 Å². The van der Waals surface area contributed by atoms with Gasteiger partial charge in [0, 0.05) is 18.5 Å². The fraction of sp³-hybridized carbons (Fsp3) is 0.308. The Labute approximate surface area is 163 Å². The molecule has 1 saturated carbocycles. The van der Waals surface area contributed by atoms with Crippen LogP contribution in [0, 0.1) is 5.92 Å². The zero-order valence-corrected chi connectivity index (χ0v) is 15.9. The molecule has 138 valence electrons. The van der Waals surface area contributed by atoms with E-state index in [2.05, 4.69) is 96.3 Å². The van der Waals surface area contributed by atoms with Crippen molar-refractivity contribution in [2.24, 2.45) is 5.92 Å². The predicted octanol–water partition coefficient (Wildman–Crippen LogP) is 6.17. The zero-order chi connectivity index (χ0) is 18.3. The minimum Gasteiger partial charge on any atom is -0.310 e. The number of hydrogen-bond acceptors (Lipinski definition) is 1. The maximum absolute atomic E-state index is 3.78. The summed E-state index contributed by atoms with van der Waals surface area (Å²) in [6.07, 6.45) is 5.13. The smallest absolute Gasteiger partial charge is 0.0208 e. The van der Waals surface area contributed by atoms with Gasteiger partial charge in [0.2, 0.25) is 0 Å². The summed E-state index contributed by atoms with van der Waals surface area (Å²) in [4.78, 5) is 0. The molecule has 0 atom stereocenters. The van der Waals surface area contributed by atoms with Crippen LogP contribution in [0.15, 0.2) is 91.0 Å². The van der Waals surface area contributed by atoms with Crippen molar-refractivity contribution >= 4 is 0 Å². The van der Waals surface area contributed by atoms with Gasteiger partial charge in [-0.1, -0.05) is 91.0 Å². The monoisotopic (exact) mass is 355 g/mol. The van der Waals surface area contributed by atoms with Crippen LogP contribution in [0.3, 0.4) is 0 Å². The van der Waals surface area contributed by atoms with E-state index in [4.69, 9.17) is 0 Å². The van der Waals surface area contributed by atoms with Crippen LogP contribution in [0.2, 0.25) is 0 Å². The van der Waals surface area contributed by atoms with E-state index in [0.717, 1.165) is 12.5 Å². The van der Waals surface area contributed by atoms with Crippen LogP contribution in [0.4, 0.5) is 0 Å². The lowest BCUT2D eigenvalue weighted by atomic mass is 9.72. The molecular formula is C26H29N. The molecule has 0 saturated heterocycles. The van der Waals surface area contributed by atoms with Crippen molar-refractivity contribution in [2.45, 2.75) is 44.2 Å². The molecule has 1 heteroatoms. The van der Waals surface area contributed by atoms with Gasteiger partial charge in [0.05, 0.1) is 0 Å². The average molecular weight is 356 g/mol. The van der Waals surface area contributed by atoms with Crippen LogP contribution in [0.1, 0.15) is 48.3 Å². The Morgan fingerprint density at radius 2 is 1.11 bits per heavy atom. The quantitative estimate of drug-likeness (QED) is 0.558. The van der Waals surface area contributed by atoms with E-state index in [1.165, 1.54) is 42.4 Å². The molecule has 0 amide bonds. The molecule has 0 heterocycles. The first-order valence-electron chi connectivity index (χ1n) is 10.3. The van der Waals surface area contributed by atoms with Gasteiger partial charge in [-0.25, -0.2) is 0 Å². The number of benzene rings is 3. The third-order valence-electron chi connectivity index (χ3n) is 6.00. The van der Waals surface area contributed by atoms with E-state index in [-0.39, 0.29) is 0 Å². The number of nitrogens with one attached hydrogen (secondary N) is 1. The van der Waals surface area contributed by atoms with Crippen molar-refractivity contribution in [1.29, 1.82) is 0 Å². The summed E-state index contributed by atoms with van der Waals surface area (Å²) in [5.74, 6) is 1.24. The van der Waals surface area contributed by atoms with Gasteiger partial charge in [-0.15, -0.1) is 0 Å². The highest BCUT2D eigenvalue weighted by Gasteiger charge is 2.29. The van der Waals surface area contributed by atoms with E-state index in [9.17, 15) is 0 Å². The Hall–Kier alpha value is -2.38. The lowest BCUT2D eigenvalue weighted by molar-refractivity contribution is 0.271. The Balaban J connectivity index is 1.41. The van der Waals surface area contributed by atoms with Gasteiger partial charge in [-0.2, -0.15) is 0 Å². The molecule has 0 aliphatic heterocycles. The third-order valence-corrected chi connectivity index (χ3v) is 6.00. The highest BCUT2D eigenvalue weighted by atomic mass is 14.9. The highest BCUT2D eigenvalue weighted by molar-refractivity contribution is 5.33. The van der Waals surface area contributed by atoms with Gasteiger partial charge >= 0.3 is 0 Å². The van der Waals surface area contributed by atoms with E-state index in [1.54, 1.807) is 0 Å². The summed E-state index contributed by atoms with van der Waals surface area (Å²) >= 11 is 0. The van der Waals surface area contributed by atoms with Crippen LogP contribution in [0.5, 0.6) is 0 Å². The molecule has 0 aromatic heterocycles. The molecule has 4 rings (SSSR count). The Bertz CT molecular complexity index is 750. The van der Waals surface area contributed by atoms with Crippen molar-refractivity contribution in [1.82, 2.24) is 5.32 Å². The highest BCUT2D eigenvalue weighted by Crippen LogP contribution is 2.40. The second-order valence-corrected chi connectivity index (χ2v) is 7.78. The van der Waals surface area contributed by atoms with Gasteiger partial charge in [0.15, 0.2) is 0 Å². The van der Waals surface area contributed by atoms with E-state index in [1.807, 2.05) is 0 Å². The van der Waals surface area contributed by atoms with Gasteiger partial charge in [0.25, 0.3) is 0 Å². The van der Waals surface area contributed by atoms with Crippen molar-refractivity contribution < 1.29 is 0 Å². The van der Waals surface area contributed by atoms with E-state index < -0.39 is 0 Å². The van der Waals surface area contributed by atoms with Gasteiger partial charge in [0.1, 0.15) is 0 Å². The molecule has 0 radical (unpaired) electrons. The van der Waals surface area contributed by atoms with Crippen LogP contribution < -0.4 is 5.32 Å². The lowest BCUT2D eigenvalue weighted by Gasteiger charge is -2.35. The van der Waals surface area contributed by atoms with E-state index >= 15 is 0 Å². The predicted molar refractivity (Wildman–Crippen MR) is 114 cm³/mol. The SMILES string of the molecule is c1ccc(CNC2CCC(C(c3ccccc3)c3ccccc3)CC2)cc1. The Morgan fingerprint density at radius 1 is 0.630 bits per heavy atom. The molecule has 1 nitrogen and oxygen atoms in total. The van der Waals surface area contributed by atoms with Crippen molar-refractivity contribution in [3.8, 4) is 0 Å². The summed E-state index contributed by atoms with van der Waals surface area (Å²) in [6.45, 7) is 0.983. The largest absolute Gasteiger partial charge is 0.310 e. The standard InChI is InChI=1S/C26H29N/c1-4-10-21(11-5-1)20-27-25-18-16-24(17-19-25)26(22-12-6-2-7-13-22)23-14-8-3-9-15-23/h1-15,24-27H,16-20H2. The molecular weight excluding hydrogens is 326 g/mol. The minimum atomic E-state index is 0.516. The molecule has 1 aliphatic carbocycles. The number of rotatable bonds is 6. The maximum Gasteiger partial charge on any atom is 0.0208 e. The van der Waals surface area contributed by atoms with E-state index in [0.29, 0.717) is 12.0 Å². The first kappa shape index (κ1) is 18.0. The normalized spacial score (nSPS) is 19.9. The van der Waals surface area contributed by atoms with Crippen LogP contribution in [-0.4, -0.2) is 6.04 Å². The van der Waals surface area contributed by atoms with Crippen LogP contribution in [0.25, 0.3) is 0 Å². The molecule has 0 unspecified atom stereocenters. The molecule has 27 heavy (non-hydrogen) atoms. The zero-order valence-electron chi connectivity index (χ0n) is 15.9. The summed E-state index contributed by atoms with van der Waals surface area (Å²) in [6, 6.07) is 33.6. The fourth-order valence-corrected chi connectivity index (χ4v) is 4.57. The summed E-state index contributed by atoms with van der Waals surface area (Å²) in [5.41, 5.74) is 4.31. The molecule has 3 aromatic rings. The number of hydrogen-bond donors (Lipinski definition) is 1. The van der Waals surface area contributed by atoms with Crippen LogP contribution in [-0.2, 0) is 6.54 Å². The topological polar surface area (TPSA) is 12.0 Å². The molecule has 0 spiro atoms. The molecule has 1 N–H and O–H groups in total. The lowest BCUT2D eigenvalue weighted by Crippen LogP contribution is -2.34.